The summed E-state index contributed by atoms with van der Waals surface area (Å²) < 4.78 is 12.2. The summed E-state index contributed by atoms with van der Waals surface area (Å²) in [7, 11) is 0. The van der Waals surface area contributed by atoms with Crippen molar-refractivity contribution in [1.29, 1.82) is 0 Å². The molecule has 3 heterocycles. The number of amides is 1. The van der Waals surface area contributed by atoms with E-state index in [9.17, 15) is 9.59 Å². The number of benzene rings is 1. The van der Waals surface area contributed by atoms with Crippen LogP contribution in [0.2, 0.25) is 0 Å². The third-order valence-electron chi connectivity index (χ3n) is 4.68. The van der Waals surface area contributed by atoms with Crippen molar-refractivity contribution in [2.24, 2.45) is 0 Å². The molecule has 0 unspecified atom stereocenters. The molecule has 1 amide bonds. The Morgan fingerprint density at radius 1 is 1.30 bits per heavy atom. The van der Waals surface area contributed by atoms with Crippen LogP contribution in [0.5, 0.6) is 0 Å². The van der Waals surface area contributed by atoms with Crippen molar-refractivity contribution in [3.8, 4) is 16.4 Å². The van der Waals surface area contributed by atoms with Crippen LogP contribution in [-0.2, 0) is 9.47 Å². The van der Waals surface area contributed by atoms with E-state index in [1.165, 1.54) is 11.3 Å². The normalized spacial score (nSPS) is 15.8. The number of carbonyl (C=O) groups excluding carboxylic acids is 2. The van der Waals surface area contributed by atoms with E-state index in [4.69, 9.17) is 9.47 Å². The SMILES string of the molecule is CCOC(=O)c1csc(-n2nc(C(=O)NC[C@@H]3CCCO3)cc2-c2ccccc2)n1. The van der Waals surface area contributed by atoms with Crippen LogP contribution in [0.4, 0.5) is 0 Å². The summed E-state index contributed by atoms with van der Waals surface area (Å²) in [6.45, 7) is 3.21. The highest BCUT2D eigenvalue weighted by Gasteiger charge is 2.22. The van der Waals surface area contributed by atoms with Gasteiger partial charge in [0.2, 0.25) is 5.13 Å². The first kappa shape index (κ1) is 20.2. The van der Waals surface area contributed by atoms with Gasteiger partial charge in [0.05, 0.1) is 18.4 Å². The summed E-state index contributed by atoms with van der Waals surface area (Å²) in [6, 6.07) is 11.3. The second-order valence-corrected chi connectivity index (χ2v) is 7.61. The van der Waals surface area contributed by atoms with E-state index in [2.05, 4.69) is 15.4 Å². The number of ether oxygens (including phenoxy) is 2. The standard InChI is InChI=1S/C21H22N4O4S/c1-2-28-20(27)17-13-30-21(23-17)25-18(14-7-4-3-5-8-14)11-16(24-25)19(26)22-12-15-9-6-10-29-15/h3-5,7-8,11,13,15H,2,6,9-10,12H2,1H3,(H,22,26)/t15-/m0/s1. The molecule has 1 aliphatic heterocycles. The number of rotatable bonds is 7. The van der Waals surface area contributed by atoms with Gasteiger partial charge in [-0.1, -0.05) is 30.3 Å². The summed E-state index contributed by atoms with van der Waals surface area (Å²) >= 11 is 1.26. The van der Waals surface area contributed by atoms with Gasteiger partial charge in [0.15, 0.2) is 11.4 Å². The zero-order valence-electron chi connectivity index (χ0n) is 16.5. The summed E-state index contributed by atoms with van der Waals surface area (Å²) in [6.07, 6.45) is 2.01. The van der Waals surface area contributed by atoms with Crippen LogP contribution in [0.3, 0.4) is 0 Å². The molecule has 30 heavy (non-hydrogen) atoms. The molecule has 1 fully saturated rings. The average Bonchev–Trinajstić information content (AvgIpc) is 3.53. The van der Waals surface area contributed by atoms with Gasteiger partial charge in [-0.15, -0.1) is 11.3 Å². The maximum Gasteiger partial charge on any atom is 0.357 e. The van der Waals surface area contributed by atoms with Gasteiger partial charge in [0, 0.05) is 24.1 Å². The zero-order chi connectivity index (χ0) is 20.9. The van der Waals surface area contributed by atoms with Crippen molar-refractivity contribution in [3.63, 3.8) is 0 Å². The van der Waals surface area contributed by atoms with Crippen LogP contribution in [0, 0.1) is 0 Å². The zero-order valence-corrected chi connectivity index (χ0v) is 17.4. The fourth-order valence-corrected chi connectivity index (χ4v) is 3.97. The lowest BCUT2D eigenvalue weighted by Gasteiger charge is -2.09. The van der Waals surface area contributed by atoms with Crippen LogP contribution in [0.1, 0.15) is 40.7 Å². The predicted octanol–water partition coefficient (Wildman–Crippen LogP) is 3.08. The summed E-state index contributed by atoms with van der Waals surface area (Å²) in [5.74, 6) is -0.758. The number of hydrogen-bond acceptors (Lipinski definition) is 7. The highest BCUT2D eigenvalue weighted by molar-refractivity contribution is 7.12. The van der Waals surface area contributed by atoms with Crippen LogP contribution in [-0.4, -0.2) is 52.5 Å². The van der Waals surface area contributed by atoms with Gasteiger partial charge in [-0.3, -0.25) is 4.79 Å². The molecule has 0 bridgehead atoms. The van der Waals surface area contributed by atoms with Gasteiger partial charge in [-0.2, -0.15) is 5.10 Å². The fourth-order valence-electron chi connectivity index (χ4n) is 3.22. The van der Waals surface area contributed by atoms with Crippen molar-refractivity contribution in [3.05, 3.63) is 53.2 Å². The molecule has 1 saturated heterocycles. The lowest BCUT2D eigenvalue weighted by Crippen LogP contribution is -2.32. The molecule has 0 saturated carbocycles. The van der Waals surface area contributed by atoms with Crippen molar-refractivity contribution >= 4 is 23.2 Å². The summed E-state index contributed by atoms with van der Waals surface area (Å²) in [5.41, 5.74) is 2.09. The minimum atomic E-state index is -0.483. The van der Waals surface area contributed by atoms with Crippen LogP contribution >= 0.6 is 11.3 Å². The van der Waals surface area contributed by atoms with Crippen molar-refractivity contribution in [1.82, 2.24) is 20.1 Å². The van der Waals surface area contributed by atoms with Crippen LogP contribution < -0.4 is 5.32 Å². The topological polar surface area (TPSA) is 95.3 Å². The minimum absolute atomic E-state index is 0.0516. The molecular weight excluding hydrogens is 404 g/mol. The third kappa shape index (κ3) is 4.42. The van der Waals surface area contributed by atoms with Gasteiger partial charge >= 0.3 is 5.97 Å². The molecule has 0 aliphatic carbocycles. The first-order valence-corrected chi connectivity index (χ1v) is 10.7. The number of esters is 1. The minimum Gasteiger partial charge on any atom is -0.461 e. The Bertz CT molecular complexity index is 1020. The Morgan fingerprint density at radius 2 is 2.13 bits per heavy atom. The van der Waals surface area contributed by atoms with E-state index < -0.39 is 5.97 Å². The molecule has 1 aliphatic rings. The monoisotopic (exact) mass is 426 g/mol. The van der Waals surface area contributed by atoms with Crippen molar-refractivity contribution in [2.45, 2.75) is 25.9 Å². The number of carbonyl (C=O) groups is 2. The molecule has 0 radical (unpaired) electrons. The molecule has 1 atom stereocenters. The van der Waals surface area contributed by atoms with E-state index in [1.807, 2.05) is 30.3 Å². The van der Waals surface area contributed by atoms with E-state index in [0.29, 0.717) is 17.4 Å². The largest absolute Gasteiger partial charge is 0.461 e. The van der Waals surface area contributed by atoms with Gasteiger partial charge < -0.3 is 14.8 Å². The van der Waals surface area contributed by atoms with E-state index >= 15 is 0 Å². The predicted molar refractivity (Wildman–Crippen MR) is 112 cm³/mol. The number of nitrogens with one attached hydrogen (secondary N) is 1. The maximum atomic E-state index is 12.7. The first-order valence-electron chi connectivity index (χ1n) is 9.84. The summed E-state index contributed by atoms with van der Waals surface area (Å²) in [5, 5.41) is 9.48. The quantitative estimate of drug-likeness (QED) is 0.584. The Morgan fingerprint density at radius 3 is 2.87 bits per heavy atom. The average molecular weight is 426 g/mol. The molecule has 156 valence electrons. The van der Waals surface area contributed by atoms with Gasteiger partial charge in [-0.25, -0.2) is 14.5 Å². The molecule has 1 N–H and O–H groups in total. The van der Waals surface area contributed by atoms with Gasteiger partial charge in [-0.05, 0) is 25.8 Å². The second-order valence-electron chi connectivity index (χ2n) is 6.77. The molecule has 0 spiro atoms. The lowest BCUT2D eigenvalue weighted by molar-refractivity contribution is 0.0520. The number of hydrogen-bond donors (Lipinski definition) is 1. The Labute approximate surface area is 177 Å². The molecular formula is C21H22N4O4S. The fraction of sp³-hybridized carbons (Fsp3) is 0.333. The van der Waals surface area contributed by atoms with Crippen molar-refractivity contribution in [2.75, 3.05) is 19.8 Å². The van der Waals surface area contributed by atoms with Gasteiger partial charge in [0.1, 0.15) is 0 Å². The molecule has 1 aromatic carbocycles. The molecule has 3 aromatic rings. The molecule has 9 heteroatoms. The number of aromatic nitrogens is 3. The number of nitrogens with zero attached hydrogens (tertiary/aromatic N) is 3. The van der Waals surface area contributed by atoms with E-state index in [-0.39, 0.29) is 30.0 Å². The van der Waals surface area contributed by atoms with E-state index in [0.717, 1.165) is 25.0 Å². The highest BCUT2D eigenvalue weighted by atomic mass is 32.1. The molecule has 8 nitrogen and oxygen atoms in total. The van der Waals surface area contributed by atoms with Crippen LogP contribution in [0.15, 0.2) is 41.8 Å². The Hall–Kier alpha value is -3.04. The third-order valence-corrected chi connectivity index (χ3v) is 5.50. The smallest absolute Gasteiger partial charge is 0.357 e. The second kappa shape index (κ2) is 9.19. The number of thiazole rings is 1. The van der Waals surface area contributed by atoms with Gasteiger partial charge in [0.25, 0.3) is 5.91 Å². The Kier molecular flexibility index (Phi) is 6.20. The lowest BCUT2D eigenvalue weighted by atomic mass is 10.1. The Balaban J connectivity index is 1.63. The van der Waals surface area contributed by atoms with Crippen LogP contribution in [0.25, 0.3) is 16.4 Å². The first-order chi connectivity index (χ1) is 14.7. The highest BCUT2D eigenvalue weighted by Crippen LogP contribution is 2.26. The maximum absolute atomic E-state index is 12.7. The molecule has 4 rings (SSSR count). The van der Waals surface area contributed by atoms with Crippen molar-refractivity contribution < 1.29 is 19.1 Å². The molecule has 2 aromatic heterocycles. The van der Waals surface area contributed by atoms with E-state index in [1.54, 1.807) is 23.1 Å². The summed E-state index contributed by atoms with van der Waals surface area (Å²) in [4.78, 5) is 29.0.